The third-order valence-corrected chi connectivity index (χ3v) is 3.85. The number of nitrogen functional groups attached to an aromatic ring is 1. The van der Waals surface area contributed by atoms with Gasteiger partial charge in [0.1, 0.15) is 5.03 Å². The van der Waals surface area contributed by atoms with E-state index in [2.05, 4.69) is 35.9 Å². The smallest absolute Gasteiger partial charge is 0.231 e. The number of hydrogen-bond acceptors (Lipinski definition) is 7. The summed E-state index contributed by atoms with van der Waals surface area (Å²) in [6.45, 7) is 5.74. The van der Waals surface area contributed by atoms with Gasteiger partial charge in [-0.05, 0) is 53.7 Å². The van der Waals surface area contributed by atoms with Crippen LogP contribution in [0.25, 0.3) is 0 Å². The summed E-state index contributed by atoms with van der Waals surface area (Å²) in [5.74, 6) is 0.823. The molecule has 2 aromatic rings. The number of pyridine rings is 1. The van der Waals surface area contributed by atoms with Gasteiger partial charge in [-0.3, -0.25) is 0 Å². The maximum atomic E-state index is 5.75. The highest BCUT2D eigenvalue weighted by Crippen LogP contribution is 2.25. The van der Waals surface area contributed by atoms with Crippen LogP contribution < -0.4 is 10.6 Å². The number of anilines is 2. The molecule has 0 bridgehead atoms. The predicted molar refractivity (Wildman–Crippen MR) is 83.9 cm³/mol. The van der Waals surface area contributed by atoms with Gasteiger partial charge in [0, 0.05) is 23.8 Å². The average Bonchev–Trinajstić information content (AvgIpc) is 2.42. The Labute approximate surface area is 130 Å². The van der Waals surface area contributed by atoms with Crippen molar-refractivity contribution in [3.8, 4) is 0 Å². The van der Waals surface area contributed by atoms with E-state index < -0.39 is 0 Å². The maximum Gasteiger partial charge on any atom is 0.231 e. The van der Waals surface area contributed by atoms with Crippen LogP contribution in [0.2, 0.25) is 0 Å². The number of rotatable bonds is 5. The highest BCUT2D eigenvalue weighted by atomic mass is 79.9. The van der Waals surface area contributed by atoms with Crippen molar-refractivity contribution in [2.75, 3.05) is 23.7 Å². The molecule has 0 aliphatic heterocycles. The van der Waals surface area contributed by atoms with Crippen LogP contribution in [0.3, 0.4) is 0 Å². The molecule has 2 aromatic heterocycles. The second kappa shape index (κ2) is 6.85. The predicted octanol–water partition coefficient (Wildman–Crippen LogP) is 2.61. The van der Waals surface area contributed by atoms with Crippen molar-refractivity contribution < 1.29 is 0 Å². The summed E-state index contributed by atoms with van der Waals surface area (Å²) in [7, 11) is 0. The van der Waals surface area contributed by atoms with E-state index in [9.17, 15) is 0 Å². The monoisotopic (exact) mass is 354 g/mol. The zero-order valence-electron chi connectivity index (χ0n) is 11.2. The third-order valence-electron chi connectivity index (χ3n) is 2.56. The minimum atomic E-state index is 0.224. The first-order chi connectivity index (χ1) is 9.62. The van der Waals surface area contributed by atoms with Crippen LogP contribution in [0.4, 0.5) is 11.9 Å². The fourth-order valence-corrected chi connectivity index (χ4v) is 2.50. The standard InChI is InChI=1S/C12H15BrN6S/c1-3-19(4-2)11-16-10(14)17-12(18-11)20-9-6-5-8(13)7-15-9/h5-7H,3-4H2,1-2H3,(H2,14,16,17,18). The number of hydrogen-bond donors (Lipinski definition) is 1. The van der Waals surface area contributed by atoms with E-state index in [-0.39, 0.29) is 5.95 Å². The van der Waals surface area contributed by atoms with Gasteiger partial charge in [0.25, 0.3) is 0 Å². The van der Waals surface area contributed by atoms with Crippen molar-refractivity contribution in [2.45, 2.75) is 24.0 Å². The third kappa shape index (κ3) is 3.80. The van der Waals surface area contributed by atoms with Gasteiger partial charge in [0.2, 0.25) is 17.1 Å². The van der Waals surface area contributed by atoms with Crippen molar-refractivity contribution >= 4 is 39.6 Å². The van der Waals surface area contributed by atoms with Crippen LogP contribution in [-0.2, 0) is 0 Å². The Kier molecular flexibility index (Phi) is 5.13. The lowest BCUT2D eigenvalue weighted by Gasteiger charge is -2.18. The second-order valence-electron chi connectivity index (χ2n) is 3.87. The van der Waals surface area contributed by atoms with Crippen molar-refractivity contribution in [1.82, 2.24) is 19.9 Å². The molecule has 0 saturated carbocycles. The first-order valence-corrected chi connectivity index (χ1v) is 7.79. The Hall–Kier alpha value is -1.41. The number of nitrogens with zero attached hydrogens (tertiary/aromatic N) is 5. The SMILES string of the molecule is CCN(CC)c1nc(N)nc(Sc2ccc(Br)cn2)n1. The molecule has 2 N–H and O–H groups in total. The molecule has 2 heterocycles. The molecule has 0 aliphatic carbocycles. The lowest BCUT2D eigenvalue weighted by atomic mass is 10.5. The molecule has 0 amide bonds. The van der Waals surface area contributed by atoms with Gasteiger partial charge in [-0.1, -0.05) is 0 Å². The molecule has 2 rings (SSSR count). The van der Waals surface area contributed by atoms with Crippen LogP contribution in [0.1, 0.15) is 13.8 Å². The normalized spacial score (nSPS) is 10.6. The van der Waals surface area contributed by atoms with Gasteiger partial charge in [-0.25, -0.2) is 4.98 Å². The highest BCUT2D eigenvalue weighted by molar-refractivity contribution is 9.10. The summed E-state index contributed by atoms with van der Waals surface area (Å²) in [5.41, 5.74) is 5.75. The number of aromatic nitrogens is 4. The van der Waals surface area contributed by atoms with Crippen LogP contribution in [-0.4, -0.2) is 33.0 Å². The summed E-state index contributed by atoms with van der Waals surface area (Å²) in [4.78, 5) is 19.0. The largest absolute Gasteiger partial charge is 0.368 e. The summed E-state index contributed by atoms with van der Waals surface area (Å²) >= 11 is 4.71. The minimum absolute atomic E-state index is 0.224. The summed E-state index contributed by atoms with van der Waals surface area (Å²) in [6, 6.07) is 3.82. The van der Waals surface area contributed by atoms with Gasteiger partial charge in [-0.15, -0.1) is 0 Å². The molecular formula is C12H15BrN6S. The topological polar surface area (TPSA) is 80.8 Å². The molecule has 0 unspecified atom stereocenters. The molecule has 0 aliphatic rings. The zero-order valence-corrected chi connectivity index (χ0v) is 13.6. The van der Waals surface area contributed by atoms with E-state index in [0.717, 1.165) is 22.6 Å². The fraction of sp³-hybridized carbons (Fsp3) is 0.333. The lowest BCUT2D eigenvalue weighted by Crippen LogP contribution is -2.25. The van der Waals surface area contributed by atoms with Gasteiger partial charge < -0.3 is 10.6 Å². The zero-order chi connectivity index (χ0) is 14.5. The molecule has 0 atom stereocenters. The van der Waals surface area contributed by atoms with E-state index in [4.69, 9.17) is 5.73 Å². The quantitative estimate of drug-likeness (QED) is 0.883. The average molecular weight is 355 g/mol. The number of nitrogens with two attached hydrogens (primary N) is 1. The van der Waals surface area contributed by atoms with Gasteiger partial charge in [0.15, 0.2) is 0 Å². The van der Waals surface area contributed by atoms with E-state index in [1.807, 2.05) is 30.9 Å². The summed E-state index contributed by atoms with van der Waals surface area (Å²) in [6.07, 6.45) is 1.73. The Balaban J connectivity index is 2.25. The molecule has 0 aromatic carbocycles. The van der Waals surface area contributed by atoms with Gasteiger partial charge in [-0.2, -0.15) is 15.0 Å². The van der Waals surface area contributed by atoms with Crippen LogP contribution in [0.5, 0.6) is 0 Å². The second-order valence-corrected chi connectivity index (χ2v) is 5.77. The molecule has 106 valence electrons. The Morgan fingerprint density at radius 1 is 1.20 bits per heavy atom. The van der Waals surface area contributed by atoms with E-state index in [1.165, 1.54) is 11.8 Å². The summed E-state index contributed by atoms with van der Waals surface area (Å²) < 4.78 is 0.931. The fourth-order valence-electron chi connectivity index (χ4n) is 1.57. The Bertz CT molecular complexity index is 573. The van der Waals surface area contributed by atoms with E-state index >= 15 is 0 Å². The van der Waals surface area contributed by atoms with Crippen molar-refractivity contribution in [2.24, 2.45) is 0 Å². The molecule has 6 nitrogen and oxygen atoms in total. The molecule has 0 saturated heterocycles. The lowest BCUT2D eigenvalue weighted by molar-refractivity contribution is 0.786. The van der Waals surface area contributed by atoms with Gasteiger partial charge in [0.05, 0.1) is 0 Å². The van der Waals surface area contributed by atoms with E-state index in [1.54, 1.807) is 6.20 Å². The first-order valence-electron chi connectivity index (χ1n) is 6.18. The highest BCUT2D eigenvalue weighted by Gasteiger charge is 2.11. The molecule has 0 fully saturated rings. The van der Waals surface area contributed by atoms with E-state index in [0.29, 0.717) is 11.1 Å². The van der Waals surface area contributed by atoms with Crippen molar-refractivity contribution in [3.63, 3.8) is 0 Å². The number of halogens is 1. The Morgan fingerprint density at radius 2 is 1.95 bits per heavy atom. The van der Waals surface area contributed by atoms with Gasteiger partial charge >= 0.3 is 0 Å². The van der Waals surface area contributed by atoms with Crippen LogP contribution in [0.15, 0.2) is 33.0 Å². The molecule has 0 spiro atoms. The van der Waals surface area contributed by atoms with Crippen molar-refractivity contribution in [1.29, 1.82) is 0 Å². The molecular weight excluding hydrogens is 340 g/mol. The minimum Gasteiger partial charge on any atom is -0.368 e. The molecule has 8 heteroatoms. The summed E-state index contributed by atoms with van der Waals surface area (Å²) in [5, 5.41) is 1.36. The van der Waals surface area contributed by atoms with Crippen LogP contribution in [0, 0.1) is 0 Å². The van der Waals surface area contributed by atoms with Crippen LogP contribution >= 0.6 is 27.7 Å². The maximum absolute atomic E-state index is 5.75. The Morgan fingerprint density at radius 3 is 2.55 bits per heavy atom. The molecule has 20 heavy (non-hydrogen) atoms. The van der Waals surface area contributed by atoms with Crippen molar-refractivity contribution in [3.05, 3.63) is 22.8 Å². The molecule has 0 radical (unpaired) electrons. The first kappa shape index (κ1) is 15.0.